The molecule has 0 spiro atoms. The molecule has 102 valence electrons. The van der Waals surface area contributed by atoms with E-state index in [0.717, 1.165) is 24.8 Å². The lowest BCUT2D eigenvalue weighted by atomic mass is 10.0. The number of benzene rings is 1. The lowest BCUT2D eigenvalue weighted by molar-refractivity contribution is 0.0498. The summed E-state index contributed by atoms with van der Waals surface area (Å²) < 4.78 is 0. The van der Waals surface area contributed by atoms with E-state index in [1.807, 2.05) is 31.5 Å². The van der Waals surface area contributed by atoms with Crippen molar-refractivity contribution in [3.8, 4) is 0 Å². The zero-order chi connectivity index (χ0) is 13.7. The third-order valence-electron chi connectivity index (χ3n) is 3.36. The lowest BCUT2D eigenvalue weighted by Crippen LogP contribution is -2.37. The molecule has 1 atom stereocenters. The Bertz CT molecular complexity index is 532. The molecule has 0 saturated heterocycles. The number of pyridine rings is 1. The van der Waals surface area contributed by atoms with Gasteiger partial charge in [0.25, 0.3) is 0 Å². The average Bonchev–Trinajstić information content (AvgIpc) is 2.39. The second-order valence-electron chi connectivity index (χ2n) is 5.37. The molecule has 3 heteroatoms. The van der Waals surface area contributed by atoms with Gasteiger partial charge in [-0.3, -0.25) is 4.98 Å². The van der Waals surface area contributed by atoms with Crippen molar-refractivity contribution in [2.75, 3.05) is 6.54 Å². The van der Waals surface area contributed by atoms with Gasteiger partial charge in [0.15, 0.2) is 0 Å². The molecule has 0 aliphatic carbocycles. The van der Waals surface area contributed by atoms with Crippen molar-refractivity contribution in [3.63, 3.8) is 0 Å². The molecule has 3 nitrogen and oxygen atoms in total. The summed E-state index contributed by atoms with van der Waals surface area (Å²) in [5.74, 6) is 0. The van der Waals surface area contributed by atoms with Crippen LogP contribution < -0.4 is 5.32 Å². The molecular formula is C16H22N2O. The second-order valence-corrected chi connectivity index (χ2v) is 5.37. The van der Waals surface area contributed by atoms with Crippen molar-refractivity contribution in [1.29, 1.82) is 0 Å². The van der Waals surface area contributed by atoms with Crippen molar-refractivity contribution in [1.82, 2.24) is 10.3 Å². The van der Waals surface area contributed by atoms with Crippen LogP contribution in [0.2, 0.25) is 0 Å². The third kappa shape index (κ3) is 3.75. The Hall–Kier alpha value is -1.45. The molecule has 0 radical (unpaired) electrons. The maximum absolute atomic E-state index is 10.1. The predicted octanol–water partition coefficient (Wildman–Crippen LogP) is 2.88. The molecule has 1 unspecified atom stereocenters. The summed E-state index contributed by atoms with van der Waals surface area (Å²) in [4.78, 5) is 4.26. The van der Waals surface area contributed by atoms with Crippen molar-refractivity contribution < 1.29 is 5.11 Å². The van der Waals surface area contributed by atoms with E-state index in [0.29, 0.717) is 6.54 Å². The monoisotopic (exact) mass is 258 g/mol. The zero-order valence-electron chi connectivity index (χ0n) is 11.7. The SMILES string of the molecule is CCCC(C)(O)CNCc1cncc2ccccc12. The Morgan fingerprint density at radius 3 is 2.84 bits per heavy atom. The summed E-state index contributed by atoms with van der Waals surface area (Å²) in [5.41, 5.74) is 0.539. The van der Waals surface area contributed by atoms with Crippen LogP contribution in [0.1, 0.15) is 32.3 Å². The number of nitrogens with one attached hydrogen (secondary N) is 1. The highest BCUT2D eigenvalue weighted by Crippen LogP contribution is 2.17. The summed E-state index contributed by atoms with van der Waals surface area (Å²) in [6, 6.07) is 8.24. The zero-order valence-corrected chi connectivity index (χ0v) is 11.7. The van der Waals surface area contributed by atoms with Crippen molar-refractivity contribution in [3.05, 3.63) is 42.2 Å². The first-order valence-corrected chi connectivity index (χ1v) is 6.87. The van der Waals surface area contributed by atoms with E-state index in [4.69, 9.17) is 0 Å². The van der Waals surface area contributed by atoms with Crippen molar-refractivity contribution in [2.45, 2.75) is 38.8 Å². The van der Waals surface area contributed by atoms with Gasteiger partial charge >= 0.3 is 0 Å². The Morgan fingerprint density at radius 2 is 2.05 bits per heavy atom. The number of nitrogens with zero attached hydrogens (tertiary/aromatic N) is 1. The van der Waals surface area contributed by atoms with E-state index in [2.05, 4.69) is 29.4 Å². The number of fused-ring (bicyclic) bond motifs is 1. The highest BCUT2D eigenvalue weighted by Gasteiger charge is 2.18. The van der Waals surface area contributed by atoms with Crippen LogP contribution in [0.15, 0.2) is 36.7 Å². The Labute approximate surface area is 114 Å². The molecule has 0 aliphatic heterocycles. The topological polar surface area (TPSA) is 45.1 Å². The molecule has 0 saturated carbocycles. The van der Waals surface area contributed by atoms with Crippen LogP contribution in [-0.2, 0) is 6.54 Å². The summed E-state index contributed by atoms with van der Waals surface area (Å²) in [6.07, 6.45) is 5.58. The fourth-order valence-electron chi connectivity index (χ4n) is 2.41. The third-order valence-corrected chi connectivity index (χ3v) is 3.36. The first kappa shape index (κ1) is 14.0. The number of hydrogen-bond acceptors (Lipinski definition) is 3. The summed E-state index contributed by atoms with van der Waals surface area (Å²) >= 11 is 0. The number of aromatic nitrogens is 1. The van der Waals surface area contributed by atoms with Crippen LogP contribution in [0.25, 0.3) is 10.8 Å². The second kappa shape index (κ2) is 6.13. The van der Waals surface area contributed by atoms with Crippen molar-refractivity contribution >= 4 is 10.8 Å². The molecule has 1 heterocycles. The van der Waals surface area contributed by atoms with Gasteiger partial charge in [-0.15, -0.1) is 0 Å². The van der Waals surface area contributed by atoms with E-state index in [1.54, 1.807) is 0 Å². The van der Waals surface area contributed by atoms with E-state index >= 15 is 0 Å². The number of aliphatic hydroxyl groups is 1. The minimum Gasteiger partial charge on any atom is -0.389 e. The molecule has 1 aromatic carbocycles. The smallest absolute Gasteiger partial charge is 0.0743 e. The maximum atomic E-state index is 10.1. The average molecular weight is 258 g/mol. The molecule has 2 aromatic rings. The summed E-state index contributed by atoms with van der Waals surface area (Å²) in [7, 11) is 0. The van der Waals surface area contributed by atoms with Crippen LogP contribution in [0.3, 0.4) is 0 Å². The van der Waals surface area contributed by atoms with E-state index in [-0.39, 0.29) is 0 Å². The molecule has 2 rings (SSSR count). The van der Waals surface area contributed by atoms with Crippen LogP contribution in [0.4, 0.5) is 0 Å². The van der Waals surface area contributed by atoms with Crippen LogP contribution in [-0.4, -0.2) is 22.2 Å². The molecular weight excluding hydrogens is 236 g/mol. The van der Waals surface area contributed by atoms with Gasteiger partial charge in [0.05, 0.1) is 5.60 Å². The quantitative estimate of drug-likeness (QED) is 0.837. The minimum atomic E-state index is -0.632. The minimum absolute atomic E-state index is 0.601. The first-order chi connectivity index (χ1) is 9.12. The number of rotatable bonds is 6. The summed E-state index contributed by atoms with van der Waals surface area (Å²) in [5, 5.41) is 15.8. The Morgan fingerprint density at radius 1 is 1.26 bits per heavy atom. The van der Waals surface area contributed by atoms with Crippen LogP contribution in [0.5, 0.6) is 0 Å². The molecule has 0 amide bonds. The molecule has 1 aromatic heterocycles. The normalized spacial score (nSPS) is 14.5. The van der Waals surface area contributed by atoms with Gasteiger partial charge in [0.2, 0.25) is 0 Å². The van der Waals surface area contributed by atoms with Crippen LogP contribution >= 0.6 is 0 Å². The van der Waals surface area contributed by atoms with E-state index in [1.165, 1.54) is 10.9 Å². The Balaban J connectivity index is 2.02. The first-order valence-electron chi connectivity index (χ1n) is 6.87. The van der Waals surface area contributed by atoms with Crippen molar-refractivity contribution in [2.24, 2.45) is 0 Å². The molecule has 0 aliphatic rings. The van der Waals surface area contributed by atoms with Gasteiger partial charge in [-0.1, -0.05) is 37.6 Å². The van der Waals surface area contributed by atoms with Crippen LogP contribution in [0, 0.1) is 0 Å². The van der Waals surface area contributed by atoms with Gasteiger partial charge in [-0.05, 0) is 24.3 Å². The van der Waals surface area contributed by atoms with Gasteiger partial charge in [-0.2, -0.15) is 0 Å². The highest BCUT2D eigenvalue weighted by atomic mass is 16.3. The van der Waals surface area contributed by atoms with Gasteiger partial charge in [0, 0.05) is 30.9 Å². The molecule has 2 N–H and O–H groups in total. The fraction of sp³-hybridized carbons (Fsp3) is 0.438. The summed E-state index contributed by atoms with van der Waals surface area (Å²) in [6.45, 7) is 5.30. The van der Waals surface area contributed by atoms with E-state index in [9.17, 15) is 5.11 Å². The highest BCUT2D eigenvalue weighted by molar-refractivity contribution is 5.84. The molecule has 19 heavy (non-hydrogen) atoms. The largest absolute Gasteiger partial charge is 0.389 e. The van der Waals surface area contributed by atoms with Gasteiger partial charge in [-0.25, -0.2) is 0 Å². The molecule has 0 fully saturated rings. The number of hydrogen-bond donors (Lipinski definition) is 2. The fourth-order valence-corrected chi connectivity index (χ4v) is 2.41. The Kier molecular flexibility index (Phi) is 4.51. The molecule has 0 bridgehead atoms. The maximum Gasteiger partial charge on any atom is 0.0743 e. The van der Waals surface area contributed by atoms with Gasteiger partial charge in [0.1, 0.15) is 0 Å². The lowest BCUT2D eigenvalue weighted by Gasteiger charge is -2.23. The predicted molar refractivity (Wildman–Crippen MR) is 79.0 cm³/mol. The van der Waals surface area contributed by atoms with Gasteiger partial charge < -0.3 is 10.4 Å². The standard InChI is InChI=1S/C16H22N2O/c1-3-8-16(2,19)12-18-11-14-10-17-9-13-6-4-5-7-15(13)14/h4-7,9-10,18-19H,3,8,11-12H2,1-2H3. The van der Waals surface area contributed by atoms with E-state index < -0.39 is 5.60 Å².